The number of benzene rings is 3. The molecule has 0 aromatic heterocycles. The van der Waals surface area contributed by atoms with Crippen molar-refractivity contribution in [2.75, 3.05) is 26.4 Å². The molecule has 1 aliphatic heterocycles. The van der Waals surface area contributed by atoms with E-state index in [1.807, 2.05) is 36.4 Å². The van der Waals surface area contributed by atoms with Gasteiger partial charge in [-0.05, 0) is 23.3 Å². The summed E-state index contributed by atoms with van der Waals surface area (Å²) in [5.41, 5.74) is 1.46. The van der Waals surface area contributed by atoms with E-state index in [0.29, 0.717) is 5.56 Å². The van der Waals surface area contributed by atoms with Crippen LogP contribution in [-0.2, 0) is 44.7 Å². The molecule has 0 spiro atoms. The van der Waals surface area contributed by atoms with Gasteiger partial charge in [-0.25, -0.2) is 14.4 Å². The van der Waals surface area contributed by atoms with Crippen LogP contribution in [0, 0.1) is 0 Å². The van der Waals surface area contributed by atoms with Crippen LogP contribution in [0.2, 0.25) is 0 Å². The van der Waals surface area contributed by atoms with E-state index in [-0.39, 0.29) is 44.1 Å². The van der Waals surface area contributed by atoms with Crippen molar-refractivity contribution in [1.82, 2.24) is 10.2 Å². The molecule has 3 aromatic carbocycles. The fourth-order valence-corrected chi connectivity index (χ4v) is 4.10. The van der Waals surface area contributed by atoms with Crippen LogP contribution < -0.4 is 5.32 Å². The lowest BCUT2D eigenvalue weighted by atomic mass is 9.95. The number of hydrogen-bond acceptors (Lipinski definition) is 11. The van der Waals surface area contributed by atoms with E-state index in [2.05, 4.69) is 14.8 Å². The van der Waals surface area contributed by atoms with E-state index in [4.69, 9.17) is 9.47 Å². The largest absolute Gasteiger partial charge is 0.462 e. The van der Waals surface area contributed by atoms with Crippen LogP contribution in [-0.4, -0.2) is 73.1 Å². The number of ether oxygens (including phenoxy) is 4. The maximum absolute atomic E-state index is 12.6. The second-order valence-electron chi connectivity index (χ2n) is 9.55. The summed E-state index contributed by atoms with van der Waals surface area (Å²) in [5.74, 6) is -4.51. The molecule has 4 amide bonds. The standard InChI is InChI=1S/C17H14N2O3.C16H18O8/c20-15-14(13-9-5-2-6-10-13)16(21)19(17(22)18-15)11-12-7-3-1-4-8-12;1-11(17)21-7-9-23-15(19)13-5-3-4-6-14(13)16(20)24-10-8-22-12(2)18/h1-10,14H,11H2,(H,18,20,22);3-6H,7-10H2,1-2H3. The Balaban J connectivity index is 0.000000251. The van der Waals surface area contributed by atoms with E-state index in [0.717, 1.165) is 10.5 Å². The molecule has 0 aliphatic carbocycles. The number of hydrogen-bond donors (Lipinski definition) is 1. The summed E-state index contributed by atoms with van der Waals surface area (Å²) in [6, 6.07) is 23.2. The quantitative estimate of drug-likeness (QED) is 0.142. The highest BCUT2D eigenvalue weighted by Gasteiger charge is 2.41. The van der Waals surface area contributed by atoms with Gasteiger partial charge in [0, 0.05) is 13.8 Å². The molecule has 3 aromatic rings. The summed E-state index contributed by atoms with van der Waals surface area (Å²) < 4.78 is 19.1. The maximum atomic E-state index is 12.6. The molecule has 1 N–H and O–H groups in total. The van der Waals surface area contributed by atoms with Gasteiger partial charge in [-0.1, -0.05) is 72.8 Å². The van der Waals surface area contributed by atoms with Gasteiger partial charge in [0.2, 0.25) is 11.8 Å². The first-order valence-corrected chi connectivity index (χ1v) is 14.0. The number of barbiturate groups is 1. The van der Waals surface area contributed by atoms with Gasteiger partial charge < -0.3 is 18.9 Å². The highest BCUT2D eigenvalue weighted by molar-refractivity contribution is 6.19. The lowest BCUT2D eigenvalue weighted by molar-refractivity contribution is -0.142. The Morgan fingerprint density at radius 1 is 0.630 bits per heavy atom. The molecule has 13 heteroatoms. The number of amides is 4. The number of esters is 4. The molecule has 13 nitrogen and oxygen atoms in total. The van der Waals surface area contributed by atoms with Crippen molar-refractivity contribution >= 4 is 41.7 Å². The van der Waals surface area contributed by atoms with Crippen molar-refractivity contribution in [1.29, 1.82) is 0 Å². The number of carbonyl (C=O) groups excluding carboxylic acids is 7. The third kappa shape index (κ3) is 10.4. The van der Waals surface area contributed by atoms with E-state index >= 15 is 0 Å². The number of nitrogens with one attached hydrogen (secondary N) is 1. The Kier molecular flexibility index (Phi) is 13.1. The molecule has 1 fully saturated rings. The minimum absolute atomic E-state index is 0.0258. The number of carbonyl (C=O) groups is 7. The molecule has 1 aliphatic rings. The molecule has 46 heavy (non-hydrogen) atoms. The van der Waals surface area contributed by atoms with Crippen LogP contribution in [0.5, 0.6) is 0 Å². The second kappa shape index (κ2) is 17.4. The lowest BCUT2D eigenvalue weighted by Crippen LogP contribution is -2.56. The van der Waals surface area contributed by atoms with Crippen molar-refractivity contribution in [3.8, 4) is 0 Å². The van der Waals surface area contributed by atoms with E-state index in [1.54, 1.807) is 36.4 Å². The molecule has 1 heterocycles. The monoisotopic (exact) mass is 632 g/mol. The number of urea groups is 1. The van der Waals surface area contributed by atoms with E-state index in [9.17, 15) is 33.6 Å². The van der Waals surface area contributed by atoms with Gasteiger partial charge in [0.15, 0.2) is 0 Å². The smallest absolute Gasteiger partial charge is 0.339 e. The van der Waals surface area contributed by atoms with Crippen LogP contribution >= 0.6 is 0 Å². The topological polar surface area (TPSA) is 172 Å². The van der Waals surface area contributed by atoms with Gasteiger partial charge in [-0.15, -0.1) is 0 Å². The summed E-state index contributed by atoms with van der Waals surface area (Å²) in [5, 5.41) is 2.26. The first-order valence-electron chi connectivity index (χ1n) is 14.0. The van der Waals surface area contributed by atoms with Gasteiger partial charge in [0.05, 0.1) is 17.7 Å². The highest BCUT2D eigenvalue weighted by atomic mass is 16.6. The fraction of sp³-hybridized carbons (Fsp3) is 0.242. The Bertz CT molecular complexity index is 1510. The second-order valence-corrected chi connectivity index (χ2v) is 9.55. The Morgan fingerprint density at radius 3 is 1.54 bits per heavy atom. The Hall–Kier alpha value is -5.85. The van der Waals surface area contributed by atoms with Gasteiger partial charge in [0.1, 0.15) is 32.3 Å². The molecule has 1 unspecified atom stereocenters. The first kappa shape index (κ1) is 34.6. The Morgan fingerprint density at radius 2 is 1.07 bits per heavy atom. The molecule has 1 saturated heterocycles. The predicted molar refractivity (Wildman–Crippen MR) is 160 cm³/mol. The number of imide groups is 2. The maximum Gasteiger partial charge on any atom is 0.339 e. The normalized spacial score (nSPS) is 13.8. The first-order chi connectivity index (χ1) is 22.1. The van der Waals surface area contributed by atoms with Gasteiger partial charge in [-0.2, -0.15) is 0 Å². The lowest BCUT2D eigenvalue weighted by Gasteiger charge is -2.30. The van der Waals surface area contributed by atoms with Crippen molar-refractivity contribution < 1.29 is 52.5 Å². The minimum atomic E-state index is -0.984. The summed E-state index contributed by atoms with van der Waals surface area (Å²) in [7, 11) is 0. The number of rotatable bonds is 11. The van der Waals surface area contributed by atoms with Crippen molar-refractivity contribution in [2.24, 2.45) is 0 Å². The van der Waals surface area contributed by atoms with E-state index < -0.39 is 47.6 Å². The summed E-state index contributed by atoms with van der Waals surface area (Å²) in [6.07, 6.45) is 0. The molecule has 240 valence electrons. The average Bonchev–Trinajstić information content (AvgIpc) is 3.04. The van der Waals surface area contributed by atoms with Crippen molar-refractivity contribution in [2.45, 2.75) is 26.3 Å². The molecule has 4 rings (SSSR count). The SMILES string of the molecule is CC(=O)OCCOC(=O)c1ccccc1C(=O)OCCOC(C)=O.O=C1NC(=O)N(Cc2ccccc2)C(=O)C1c1ccccc1. The van der Waals surface area contributed by atoms with Gasteiger partial charge >= 0.3 is 29.9 Å². The van der Waals surface area contributed by atoms with Crippen LogP contribution in [0.25, 0.3) is 0 Å². The third-order valence-electron chi connectivity index (χ3n) is 6.18. The van der Waals surface area contributed by atoms with Crippen LogP contribution in [0.1, 0.15) is 51.6 Å². The summed E-state index contributed by atoms with van der Waals surface area (Å²) in [6.45, 7) is 2.21. The molecule has 0 saturated carbocycles. The third-order valence-corrected chi connectivity index (χ3v) is 6.18. The Labute approximate surface area is 264 Å². The molecule has 1 atom stereocenters. The van der Waals surface area contributed by atoms with Gasteiger partial charge in [-0.3, -0.25) is 29.4 Å². The van der Waals surface area contributed by atoms with Crippen LogP contribution in [0.4, 0.5) is 4.79 Å². The van der Waals surface area contributed by atoms with Gasteiger partial charge in [0.25, 0.3) is 0 Å². The van der Waals surface area contributed by atoms with Crippen molar-refractivity contribution in [3.63, 3.8) is 0 Å². The van der Waals surface area contributed by atoms with Crippen LogP contribution in [0.3, 0.4) is 0 Å². The average molecular weight is 633 g/mol. The van der Waals surface area contributed by atoms with E-state index in [1.165, 1.54) is 26.0 Å². The highest BCUT2D eigenvalue weighted by Crippen LogP contribution is 2.23. The zero-order valence-electron chi connectivity index (χ0n) is 25.1. The zero-order valence-corrected chi connectivity index (χ0v) is 25.1. The molecular weight excluding hydrogens is 600 g/mol. The van der Waals surface area contributed by atoms with Crippen LogP contribution in [0.15, 0.2) is 84.9 Å². The molecule has 0 radical (unpaired) electrons. The summed E-state index contributed by atoms with van der Waals surface area (Å²) >= 11 is 0. The molecular formula is C33H32N2O11. The number of nitrogens with zero attached hydrogens (tertiary/aromatic N) is 1. The minimum Gasteiger partial charge on any atom is -0.462 e. The fourth-order valence-electron chi connectivity index (χ4n) is 4.10. The molecule has 0 bridgehead atoms. The van der Waals surface area contributed by atoms with Crippen molar-refractivity contribution in [3.05, 3.63) is 107 Å². The zero-order chi connectivity index (χ0) is 33.5. The summed E-state index contributed by atoms with van der Waals surface area (Å²) in [4.78, 5) is 82.9. The predicted octanol–water partition coefficient (Wildman–Crippen LogP) is 3.18.